The Morgan fingerprint density at radius 3 is 2.77 bits per heavy atom. The van der Waals surface area contributed by atoms with Gasteiger partial charge < -0.3 is 24.2 Å². The number of para-hydroxylation sites is 1. The van der Waals surface area contributed by atoms with Crippen LogP contribution in [0.5, 0.6) is 17.2 Å². The number of carbonyl (C=O) groups is 1. The molecule has 7 nitrogen and oxygen atoms in total. The summed E-state index contributed by atoms with van der Waals surface area (Å²) in [7, 11) is 0. The molecule has 1 aliphatic carbocycles. The molecule has 0 bridgehead atoms. The number of hydrogen-bond acceptors (Lipinski definition) is 5. The van der Waals surface area contributed by atoms with Crippen LogP contribution in [0.4, 0.5) is 17.6 Å². The van der Waals surface area contributed by atoms with Gasteiger partial charge >= 0.3 is 5.97 Å². The van der Waals surface area contributed by atoms with Gasteiger partial charge in [0.15, 0.2) is 11.6 Å². The summed E-state index contributed by atoms with van der Waals surface area (Å²) in [5, 5.41) is -0.178. The number of carbonyl (C=O) groups excluding carboxylic acids is 1. The number of benzene rings is 3. The van der Waals surface area contributed by atoms with Crippen LogP contribution < -0.4 is 9.47 Å². The molecule has 0 radical (unpaired) electrons. The summed E-state index contributed by atoms with van der Waals surface area (Å²) < 4.78 is 76.1. The maximum Gasteiger partial charge on any atom is 0.309 e. The van der Waals surface area contributed by atoms with Crippen LogP contribution in [0.25, 0.3) is 22.3 Å². The van der Waals surface area contributed by atoms with Crippen molar-refractivity contribution in [1.82, 2.24) is 15.0 Å². The zero-order valence-corrected chi connectivity index (χ0v) is 23.8. The first-order chi connectivity index (χ1) is 21.2. The van der Waals surface area contributed by atoms with Crippen LogP contribution >= 0.6 is 0 Å². The van der Waals surface area contributed by atoms with Crippen molar-refractivity contribution in [3.8, 4) is 28.6 Å². The third-order valence-electron chi connectivity index (χ3n) is 8.65. The zero-order chi connectivity index (χ0) is 30.7. The Bertz CT molecular complexity index is 1940. The highest BCUT2D eigenvalue weighted by Gasteiger charge is 2.48. The number of rotatable bonds is 7. The van der Waals surface area contributed by atoms with Crippen molar-refractivity contribution in [2.75, 3.05) is 13.2 Å². The predicted molar refractivity (Wildman–Crippen MR) is 153 cm³/mol. The van der Waals surface area contributed by atoms with E-state index in [1.165, 1.54) is 24.4 Å². The number of imidazole rings is 1. The lowest BCUT2D eigenvalue weighted by molar-refractivity contribution is -0.144. The third kappa shape index (κ3) is 4.40. The molecule has 3 heterocycles. The summed E-state index contributed by atoms with van der Waals surface area (Å²) >= 11 is 0. The van der Waals surface area contributed by atoms with Gasteiger partial charge in [-0.2, -0.15) is 4.39 Å². The summed E-state index contributed by atoms with van der Waals surface area (Å²) in [6, 6.07) is 10.7. The number of fused-ring (bicyclic) bond motifs is 2. The average molecular weight is 606 g/mol. The van der Waals surface area contributed by atoms with Gasteiger partial charge in [0.25, 0.3) is 0 Å². The number of esters is 1. The van der Waals surface area contributed by atoms with Crippen LogP contribution in [-0.2, 0) is 14.9 Å². The molecule has 2 aromatic heterocycles. The van der Waals surface area contributed by atoms with Crippen molar-refractivity contribution in [3.05, 3.63) is 94.9 Å². The molecule has 11 heteroatoms. The average Bonchev–Trinajstić information content (AvgIpc) is 3.39. The lowest BCUT2D eigenvalue weighted by Crippen LogP contribution is -2.32. The van der Waals surface area contributed by atoms with Crippen LogP contribution in [-0.4, -0.2) is 34.1 Å². The smallest absolute Gasteiger partial charge is 0.309 e. The first-order valence-corrected chi connectivity index (χ1v) is 14.3. The van der Waals surface area contributed by atoms with E-state index in [-0.39, 0.29) is 45.8 Å². The minimum absolute atomic E-state index is 0.00217. The number of aromatic nitrogens is 3. The van der Waals surface area contributed by atoms with Gasteiger partial charge in [-0.25, -0.2) is 18.2 Å². The Morgan fingerprint density at radius 1 is 1.11 bits per heavy atom. The van der Waals surface area contributed by atoms with Crippen molar-refractivity contribution in [3.63, 3.8) is 0 Å². The lowest BCUT2D eigenvalue weighted by atomic mass is 9.74. The lowest BCUT2D eigenvalue weighted by Gasteiger charge is -2.36. The largest absolute Gasteiger partial charge is 0.493 e. The molecule has 0 spiro atoms. The molecule has 3 aromatic carbocycles. The second kappa shape index (κ2) is 10.4. The molecule has 1 saturated carbocycles. The zero-order valence-electron chi connectivity index (χ0n) is 23.8. The van der Waals surface area contributed by atoms with Crippen molar-refractivity contribution >= 4 is 16.9 Å². The Morgan fingerprint density at radius 2 is 1.95 bits per heavy atom. The molecule has 0 amide bonds. The maximum atomic E-state index is 15.1. The summed E-state index contributed by atoms with van der Waals surface area (Å²) in [4.78, 5) is 22.4. The van der Waals surface area contributed by atoms with Crippen LogP contribution in [0.3, 0.4) is 0 Å². The third-order valence-corrected chi connectivity index (χ3v) is 8.65. The van der Waals surface area contributed by atoms with E-state index >= 15 is 8.78 Å². The highest BCUT2D eigenvalue weighted by Crippen LogP contribution is 2.54. The Labute approximate surface area is 249 Å². The molecule has 44 heavy (non-hydrogen) atoms. The van der Waals surface area contributed by atoms with Crippen molar-refractivity contribution < 1.29 is 36.6 Å². The minimum Gasteiger partial charge on any atom is -0.493 e. The number of ether oxygens (including phenoxy) is 3. The molecule has 1 fully saturated rings. The monoisotopic (exact) mass is 605 g/mol. The van der Waals surface area contributed by atoms with Gasteiger partial charge in [0, 0.05) is 40.4 Å². The standard InChI is InChI=1S/C33H27F4N3O4/c1-3-42-32(41)20-14-19(20)17-5-4-6-22-29(17)43-12-10-33(22,2)24-15-39-31(40-24)21-13-16(7-8-23(21)34)44-30-25(35)18-9-11-38-28(18)26(36)27(30)37/h4-9,11,13,15,19-20,38H,3,10,12,14H2,1-2H3,(H,39,40)/t19-,20-,33-/m1/s1. The second-order valence-electron chi connectivity index (χ2n) is 11.3. The van der Waals surface area contributed by atoms with Gasteiger partial charge in [0.2, 0.25) is 11.6 Å². The van der Waals surface area contributed by atoms with Crippen LogP contribution in [0.1, 0.15) is 49.4 Å². The van der Waals surface area contributed by atoms with Gasteiger partial charge in [-0.3, -0.25) is 4.79 Å². The number of H-pyrrole nitrogens is 2. The molecule has 0 unspecified atom stereocenters. The van der Waals surface area contributed by atoms with E-state index in [1.54, 1.807) is 13.1 Å². The number of halogens is 4. The normalized spacial score (nSPS) is 20.7. The van der Waals surface area contributed by atoms with E-state index in [0.717, 1.165) is 22.9 Å². The Hall–Kier alpha value is -4.80. The van der Waals surface area contributed by atoms with Crippen LogP contribution in [0.2, 0.25) is 0 Å². The van der Waals surface area contributed by atoms with Gasteiger partial charge in [-0.15, -0.1) is 0 Å². The summed E-state index contributed by atoms with van der Waals surface area (Å²) in [5.74, 6) is -5.06. The minimum atomic E-state index is -1.51. The van der Waals surface area contributed by atoms with E-state index in [0.29, 0.717) is 31.7 Å². The molecule has 0 saturated heterocycles. The second-order valence-corrected chi connectivity index (χ2v) is 11.3. The molecule has 1 aliphatic heterocycles. The molecule has 7 rings (SSSR count). The molecule has 226 valence electrons. The van der Waals surface area contributed by atoms with E-state index in [2.05, 4.69) is 15.0 Å². The molecule has 5 aromatic rings. The highest BCUT2D eigenvalue weighted by molar-refractivity contribution is 5.83. The summed E-state index contributed by atoms with van der Waals surface area (Å²) in [5.41, 5.74) is 1.67. The fourth-order valence-corrected chi connectivity index (χ4v) is 6.12. The Kier molecular flexibility index (Phi) is 6.64. The number of nitrogens with zero attached hydrogens (tertiary/aromatic N) is 1. The fraction of sp³-hybridized carbons (Fsp3) is 0.273. The molecule has 2 N–H and O–H groups in total. The van der Waals surface area contributed by atoms with Gasteiger partial charge in [-0.1, -0.05) is 18.2 Å². The van der Waals surface area contributed by atoms with Crippen LogP contribution in [0, 0.1) is 29.2 Å². The molecule has 2 aliphatic rings. The quantitative estimate of drug-likeness (QED) is 0.113. The van der Waals surface area contributed by atoms with Crippen LogP contribution in [0.15, 0.2) is 54.9 Å². The molecular weight excluding hydrogens is 578 g/mol. The van der Waals surface area contributed by atoms with E-state index in [4.69, 9.17) is 14.2 Å². The van der Waals surface area contributed by atoms with E-state index in [9.17, 15) is 13.6 Å². The maximum absolute atomic E-state index is 15.1. The summed E-state index contributed by atoms with van der Waals surface area (Å²) in [6.45, 7) is 4.57. The van der Waals surface area contributed by atoms with Crippen molar-refractivity contribution in [2.45, 2.75) is 38.0 Å². The van der Waals surface area contributed by atoms with Gasteiger partial charge in [0.1, 0.15) is 23.1 Å². The van der Waals surface area contributed by atoms with Crippen molar-refractivity contribution in [1.29, 1.82) is 0 Å². The predicted octanol–water partition coefficient (Wildman–Crippen LogP) is 7.66. The molecular formula is C33H27F4N3O4. The highest BCUT2D eigenvalue weighted by atomic mass is 19.2. The van der Waals surface area contributed by atoms with Crippen molar-refractivity contribution in [2.24, 2.45) is 5.92 Å². The first-order valence-electron chi connectivity index (χ1n) is 14.3. The van der Waals surface area contributed by atoms with Gasteiger partial charge in [0.05, 0.1) is 30.2 Å². The van der Waals surface area contributed by atoms with E-state index in [1.807, 2.05) is 25.1 Å². The molecule has 3 atom stereocenters. The first kappa shape index (κ1) is 28.0. The fourth-order valence-electron chi connectivity index (χ4n) is 6.12. The summed E-state index contributed by atoms with van der Waals surface area (Å²) in [6.07, 6.45) is 4.21. The van der Waals surface area contributed by atoms with Gasteiger partial charge in [-0.05, 0) is 56.5 Å². The topological polar surface area (TPSA) is 89.2 Å². The number of hydrogen-bond donors (Lipinski definition) is 2. The van der Waals surface area contributed by atoms with E-state index < -0.39 is 34.4 Å². The Balaban J connectivity index is 1.20. The number of aromatic amines is 2. The number of nitrogens with one attached hydrogen (secondary N) is 2. The SMILES string of the molecule is CCOC(=O)[C@@H]1C[C@@H]1c1cccc2c1OCC[C@@]2(C)c1cnc(-c2cc(Oc3c(F)c(F)c4[nH]ccc4c3F)ccc2F)[nH]1.